The van der Waals surface area contributed by atoms with Crippen LogP contribution in [0.2, 0.25) is 0 Å². The lowest BCUT2D eigenvalue weighted by Crippen LogP contribution is -2.54. The molecular weight excluding hydrogens is 238 g/mol. The second kappa shape index (κ2) is 7.84. The molecule has 3 atom stereocenters. The highest BCUT2D eigenvalue weighted by Gasteiger charge is 2.38. The molecule has 0 saturated heterocycles. The van der Waals surface area contributed by atoms with Crippen molar-refractivity contribution in [3.05, 3.63) is 0 Å². The van der Waals surface area contributed by atoms with Crippen LogP contribution in [0.4, 0.5) is 0 Å². The maximum atomic E-state index is 9.46. The number of nitriles is 1. The number of nitrogens with one attached hydrogen (secondary N) is 1. The van der Waals surface area contributed by atoms with Crippen LogP contribution in [0.3, 0.4) is 0 Å². The summed E-state index contributed by atoms with van der Waals surface area (Å²) in [5.74, 6) is 0. The Kier molecular flexibility index (Phi) is 6.78. The van der Waals surface area contributed by atoms with Crippen molar-refractivity contribution in [1.82, 2.24) is 10.2 Å². The molecule has 1 aliphatic rings. The molecule has 1 N–H and O–H groups in total. The van der Waals surface area contributed by atoms with Crippen molar-refractivity contribution in [2.45, 2.75) is 63.6 Å². The summed E-state index contributed by atoms with van der Waals surface area (Å²) in [4.78, 5) is 2.53. The van der Waals surface area contributed by atoms with E-state index in [2.05, 4.69) is 30.1 Å². The number of methoxy groups -OCH3 is 1. The Bertz CT molecular complexity index is 302. The molecule has 1 fully saturated rings. The van der Waals surface area contributed by atoms with E-state index < -0.39 is 0 Å². The van der Waals surface area contributed by atoms with Crippen LogP contribution in [0, 0.1) is 11.3 Å². The molecule has 0 aromatic rings. The molecule has 0 aliphatic heterocycles. The zero-order valence-corrected chi connectivity index (χ0v) is 12.9. The van der Waals surface area contributed by atoms with Crippen molar-refractivity contribution in [2.75, 3.05) is 27.3 Å². The first-order chi connectivity index (χ1) is 9.12. The van der Waals surface area contributed by atoms with Gasteiger partial charge in [-0.15, -0.1) is 0 Å². The SMILES string of the molecule is CCC(C)N(CCOC)C1CCCC(C#N)(NC)C1. The molecule has 0 amide bonds. The van der Waals surface area contributed by atoms with Crippen molar-refractivity contribution in [2.24, 2.45) is 0 Å². The number of rotatable bonds is 7. The summed E-state index contributed by atoms with van der Waals surface area (Å²) in [5, 5.41) is 12.7. The first kappa shape index (κ1) is 16.4. The first-order valence-corrected chi connectivity index (χ1v) is 7.47. The summed E-state index contributed by atoms with van der Waals surface area (Å²) >= 11 is 0. The molecule has 110 valence electrons. The van der Waals surface area contributed by atoms with Gasteiger partial charge in [-0.25, -0.2) is 0 Å². The minimum atomic E-state index is -0.332. The van der Waals surface area contributed by atoms with E-state index in [0.717, 1.165) is 38.8 Å². The zero-order valence-electron chi connectivity index (χ0n) is 12.9. The van der Waals surface area contributed by atoms with Crippen LogP contribution in [0.1, 0.15) is 46.0 Å². The maximum Gasteiger partial charge on any atom is 0.108 e. The van der Waals surface area contributed by atoms with Crippen LogP contribution in [0.25, 0.3) is 0 Å². The number of hydrogen-bond acceptors (Lipinski definition) is 4. The van der Waals surface area contributed by atoms with E-state index in [9.17, 15) is 5.26 Å². The smallest absolute Gasteiger partial charge is 0.108 e. The average molecular weight is 267 g/mol. The van der Waals surface area contributed by atoms with Gasteiger partial charge in [0.05, 0.1) is 12.7 Å². The summed E-state index contributed by atoms with van der Waals surface area (Å²) in [6, 6.07) is 3.54. The Hall–Kier alpha value is -0.630. The van der Waals surface area contributed by atoms with Gasteiger partial charge in [0.15, 0.2) is 0 Å². The second-order valence-corrected chi connectivity index (χ2v) is 5.68. The summed E-state index contributed by atoms with van der Waals surface area (Å²) in [6.07, 6.45) is 5.35. The highest BCUT2D eigenvalue weighted by atomic mass is 16.5. The third kappa shape index (κ3) is 4.17. The molecule has 1 aliphatic carbocycles. The molecular formula is C15H29N3O. The third-order valence-electron chi connectivity index (χ3n) is 4.60. The van der Waals surface area contributed by atoms with Crippen LogP contribution < -0.4 is 5.32 Å². The molecule has 3 unspecified atom stereocenters. The van der Waals surface area contributed by atoms with E-state index in [1.54, 1.807) is 7.11 Å². The van der Waals surface area contributed by atoms with E-state index in [4.69, 9.17) is 4.74 Å². The number of nitrogens with zero attached hydrogens (tertiary/aromatic N) is 2. The molecule has 19 heavy (non-hydrogen) atoms. The lowest BCUT2D eigenvalue weighted by atomic mass is 9.79. The van der Waals surface area contributed by atoms with Gasteiger partial charge in [-0.05, 0) is 46.1 Å². The predicted molar refractivity (Wildman–Crippen MR) is 78.0 cm³/mol. The Morgan fingerprint density at radius 3 is 2.84 bits per heavy atom. The van der Waals surface area contributed by atoms with Gasteiger partial charge in [0.25, 0.3) is 0 Å². The quantitative estimate of drug-likeness (QED) is 0.768. The van der Waals surface area contributed by atoms with Crippen LogP contribution >= 0.6 is 0 Å². The standard InChI is InChI=1S/C15H29N3O/c1-5-13(2)18(9-10-19-4)14-7-6-8-15(11-14,12-16)17-3/h13-14,17H,5-11H2,1-4H3. The van der Waals surface area contributed by atoms with Crippen molar-refractivity contribution < 1.29 is 4.74 Å². The van der Waals surface area contributed by atoms with Gasteiger partial charge >= 0.3 is 0 Å². The van der Waals surface area contributed by atoms with E-state index in [1.807, 2.05) is 7.05 Å². The van der Waals surface area contributed by atoms with Gasteiger partial charge in [-0.1, -0.05) is 6.92 Å². The number of ether oxygens (including phenoxy) is 1. The highest BCUT2D eigenvalue weighted by molar-refractivity contribution is 5.10. The summed E-state index contributed by atoms with van der Waals surface area (Å²) < 4.78 is 5.24. The van der Waals surface area contributed by atoms with E-state index in [1.165, 1.54) is 6.42 Å². The van der Waals surface area contributed by atoms with Crippen molar-refractivity contribution in [3.63, 3.8) is 0 Å². The fourth-order valence-corrected chi connectivity index (χ4v) is 3.11. The maximum absolute atomic E-state index is 9.46. The largest absolute Gasteiger partial charge is 0.383 e. The fourth-order valence-electron chi connectivity index (χ4n) is 3.11. The monoisotopic (exact) mass is 267 g/mol. The predicted octanol–water partition coefficient (Wildman–Crippen LogP) is 2.16. The van der Waals surface area contributed by atoms with Gasteiger partial charge in [0.1, 0.15) is 5.54 Å². The second-order valence-electron chi connectivity index (χ2n) is 5.68. The van der Waals surface area contributed by atoms with Gasteiger partial charge in [0, 0.05) is 25.7 Å². The van der Waals surface area contributed by atoms with Crippen molar-refractivity contribution >= 4 is 0 Å². The minimum absolute atomic E-state index is 0.332. The van der Waals surface area contributed by atoms with E-state index in [0.29, 0.717) is 12.1 Å². The normalized spacial score (nSPS) is 29.2. The van der Waals surface area contributed by atoms with Crippen LogP contribution in [-0.4, -0.2) is 49.8 Å². The van der Waals surface area contributed by atoms with Crippen molar-refractivity contribution in [1.29, 1.82) is 5.26 Å². The van der Waals surface area contributed by atoms with Gasteiger partial charge in [0.2, 0.25) is 0 Å². The minimum Gasteiger partial charge on any atom is -0.383 e. The van der Waals surface area contributed by atoms with E-state index in [-0.39, 0.29) is 5.54 Å². The Balaban J connectivity index is 2.75. The molecule has 0 heterocycles. The third-order valence-corrected chi connectivity index (χ3v) is 4.60. The number of hydrogen-bond donors (Lipinski definition) is 1. The van der Waals surface area contributed by atoms with Crippen molar-refractivity contribution in [3.8, 4) is 6.07 Å². The molecule has 0 aromatic heterocycles. The molecule has 0 aromatic carbocycles. The lowest BCUT2D eigenvalue weighted by molar-refractivity contribution is 0.0564. The summed E-state index contributed by atoms with van der Waals surface area (Å²) in [5.41, 5.74) is -0.332. The highest BCUT2D eigenvalue weighted by Crippen LogP contribution is 2.31. The molecule has 0 bridgehead atoms. The Morgan fingerprint density at radius 1 is 1.58 bits per heavy atom. The topological polar surface area (TPSA) is 48.3 Å². The summed E-state index contributed by atoms with van der Waals surface area (Å²) in [7, 11) is 3.66. The summed E-state index contributed by atoms with van der Waals surface area (Å²) in [6.45, 7) is 6.22. The van der Waals surface area contributed by atoms with Crippen LogP contribution in [-0.2, 0) is 4.74 Å². The lowest BCUT2D eigenvalue weighted by Gasteiger charge is -2.43. The molecule has 4 nitrogen and oxygen atoms in total. The van der Waals surface area contributed by atoms with Gasteiger partial charge in [-0.3, -0.25) is 4.90 Å². The fraction of sp³-hybridized carbons (Fsp3) is 0.933. The molecule has 1 saturated carbocycles. The van der Waals surface area contributed by atoms with Gasteiger partial charge in [-0.2, -0.15) is 5.26 Å². The zero-order chi connectivity index (χ0) is 14.3. The first-order valence-electron chi connectivity index (χ1n) is 7.47. The Labute approximate surface area is 118 Å². The van der Waals surface area contributed by atoms with E-state index >= 15 is 0 Å². The average Bonchev–Trinajstić information content (AvgIpc) is 2.47. The molecule has 0 radical (unpaired) electrons. The molecule has 0 spiro atoms. The molecule has 4 heteroatoms. The van der Waals surface area contributed by atoms with Gasteiger partial charge < -0.3 is 10.1 Å². The van der Waals surface area contributed by atoms with Crippen LogP contribution in [0.5, 0.6) is 0 Å². The Morgan fingerprint density at radius 2 is 2.32 bits per heavy atom. The van der Waals surface area contributed by atoms with Crippen LogP contribution in [0.15, 0.2) is 0 Å². The molecule has 1 rings (SSSR count).